The summed E-state index contributed by atoms with van der Waals surface area (Å²) in [5.74, 6) is 0.483. The van der Waals surface area contributed by atoms with Crippen LogP contribution >= 0.6 is 0 Å². The average Bonchev–Trinajstić information content (AvgIpc) is 2.85. The first kappa shape index (κ1) is 15.1. The molecule has 0 saturated carbocycles. The fraction of sp³-hybridized carbons (Fsp3) is 0.571. The summed E-state index contributed by atoms with van der Waals surface area (Å²) < 4.78 is 0. The number of carbonyl (C=O) groups excluding carboxylic acids is 1. The maximum atomic E-state index is 11.8. The molecule has 0 radical (unpaired) electrons. The van der Waals surface area contributed by atoms with Gasteiger partial charge in [-0.2, -0.15) is 0 Å². The molecule has 2 nitrogen and oxygen atoms in total. The summed E-state index contributed by atoms with van der Waals surface area (Å²) in [6.07, 6.45) is 13.1. The molecule has 0 aromatic heterocycles. The molecular formula is C21H26O2. The number of allylic oxidation sites excluding steroid dienone is 8. The van der Waals surface area contributed by atoms with Crippen LogP contribution < -0.4 is 0 Å². The van der Waals surface area contributed by atoms with Crippen molar-refractivity contribution in [1.82, 2.24) is 0 Å². The van der Waals surface area contributed by atoms with Crippen molar-refractivity contribution < 1.29 is 9.90 Å². The smallest absolute Gasteiger partial charge is 0.178 e. The second-order valence-electron chi connectivity index (χ2n) is 8.18. The lowest BCUT2D eigenvalue weighted by Gasteiger charge is -2.48. The van der Waals surface area contributed by atoms with E-state index in [2.05, 4.69) is 26.0 Å². The number of ketones is 1. The molecule has 0 saturated heterocycles. The van der Waals surface area contributed by atoms with E-state index in [1.165, 1.54) is 22.3 Å². The summed E-state index contributed by atoms with van der Waals surface area (Å²) in [5.41, 5.74) is 5.90. The Hall–Kier alpha value is -1.41. The molecule has 4 aliphatic rings. The highest BCUT2D eigenvalue weighted by Gasteiger charge is 2.50. The zero-order valence-electron chi connectivity index (χ0n) is 14.4. The highest BCUT2D eigenvalue weighted by molar-refractivity contribution is 6.01. The molecule has 4 aliphatic carbocycles. The topological polar surface area (TPSA) is 37.3 Å². The van der Waals surface area contributed by atoms with Crippen LogP contribution in [-0.4, -0.2) is 17.0 Å². The minimum atomic E-state index is -0.252. The van der Waals surface area contributed by atoms with Crippen LogP contribution in [0.3, 0.4) is 0 Å². The zero-order valence-corrected chi connectivity index (χ0v) is 14.4. The van der Waals surface area contributed by atoms with Crippen molar-refractivity contribution in [2.45, 2.75) is 59.0 Å². The molecule has 0 heterocycles. The second kappa shape index (κ2) is 4.80. The Bertz CT molecular complexity index is 703. The van der Waals surface area contributed by atoms with Gasteiger partial charge in [-0.15, -0.1) is 0 Å². The number of hydrogen-bond donors (Lipinski definition) is 1. The van der Waals surface area contributed by atoms with E-state index in [1.807, 2.05) is 13.0 Å². The number of aliphatic hydroxyl groups excluding tert-OH is 1. The molecule has 23 heavy (non-hydrogen) atoms. The molecule has 1 N–H and O–H groups in total. The molecule has 0 aromatic carbocycles. The van der Waals surface area contributed by atoms with Crippen molar-refractivity contribution in [3.63, 3.8) is 0 Å². The molecule has 0 amide bonds. The van der Waals surface area contributed by atoms with Crippen LogP contribution in [0.2, 0.25) is 0 Å². The number of fused-ring (bicyclic) bond motifs is 4. The van der Waals surface area contributed by atoms with Crippen molar-refractivity contribution in [2.24, 2.45) is 16.7 Å². The maximum absolute atomic E-state index is 11.8. The predicted molar refractivity (Wildman–Crippen MR) is 91.8 cm³/mol. The molecule has 0 aliphatic heterocycles. The maximum Gasteiger partial charge on any atom is 0.178 e. The third-order valence-corrected chi connectivity index (χ3v) is 7.01. The van der Waals surface area contributed by atoms with E-state index in [0.29, 0.717) is 5.92 Å². The molecule has 122 valence electrons. The fourth-order valence-corrected chi connectivity index (χ4v) is 5.62. The van der Waals surface area contributed by atoms with Crippen molar-refractivity contribution in [2.75, 3.05) is 0 Å². The van der Waals surface area contributed by atoms with Crippen molar-refractivity contribution in [3.05, 3.63) is 46.6 Å². The van der Waals surface area contributed by atoms with E-state index in [9.17, 15) is 9.90 Å². The summed E-state index contributed by atoms with van der Waals surface area (Å²) in [5, 5.41) is 10.2. The summed E-state index contributed by atoms with van der Waals surface area (Å²) in [4.78, 5) is 11.8. The van der Waals surface area contributed by atoms with Crippen LogP contribution in [-0.2, 0) is 4.79 Å². The molecule has 0 bridgehead atoms. The Morgan fingerprint density at radius 1 is 1.26 bits per heavy atom. The highest BCUT2D eigenvalue weighted by Crippen LogP contribution is 2.61. The molecule has 0 spiro atoms. The Labute approximate surface area is 138 Å². The van der Waals surface area contributed by atoms with Crippen LogP contribution in [0.5, 0.6) is 0 Å². The first-order valence-electron chi connectivity index (χ1n) is 8.92. The van der Waals surface area contributed by atoms with Gasteiger partial charge in [0.05, 0.1) is 6.10 Å². The van der Waals surface area contributed by atoms with Crippen molar-refractivity contribution in [3.8, 4) is 0 Å². The van der Waals surface area contributed by atoms with Gasteiger partial charge in [0.1, 0.15) is 0 Å². The second-order valence-corrected chi connectivity index (χ2v) is 8.18. The molecular weight excluding hydrogens is 284 g/mol. The van der Waals surface area contributed by atoms with Crippen LogP contribution in [0.4, 0.5) is 0 Å². The van der Waals surface area contributed by atoms with E-state index >= 15 is 0 Å². The Morgan fingerprint density at radius 3 is 2.78 bits per heavy atom. The quantitative estimate of drug-likeness (QED) is 0.785. The fourth-order valence-electron chi connectivity index (χ4n) is 5.62. The van der Waals surface area contributed by atoms with Crippen LogP contribution in [0, 0.1) is 16.7 Å². The van der Waals surface area contributed by atoms with E-state index in [-0.39, 0.29) is 22.7 Å². The van der Waals surface area contributed by atoms with Gasteiger partial charge >= 0.3 is 0 Å². The number of rotatable bonds is 1. The summed E-state index contributed by atoms with van der Waals surface area (Å²) in [6.45, 7) is 6.57. The molecule has 2 unspecified atom stereocenters. The normalized spacial score (nSPS) is 40.2. The van der Waals surface area contributed by atoms with Gasteiger partial charge in [-0.05, 0) is 80.6 Å². The van der Waals surface area contributed by atoms with Crippen molar-refractivity contribution in [1.29, 1.82) is 0 Å². The molecule has 0 aromatic rings. The SMILES string of the molecule is C[C@H](O)[C@H]1CC=C2C3=C(CCC21C)C1(C)C=CC(=O)C=C1CC3. The first-order valence-corrected chi connectivity index (χ1v) is 8.92. The van der Waals surface area contributed by atoms with Gasteiger partial charge < -0.3 is 5.11 Å². The number of aliphatic hydroxyl groups is 1. The van der Waals surface area contributed by atoms with E-state index in [0.717, 1.165) is 32.1 Å². The van der Waals surface area contributed by atoms with E-state index < -0.39 is 0 Å². The van der Waals surface area contributed by atoms with Gasteiger partial charge in [-0.3, -0.25) is 4.79 Å². The van der Waals surface area contributed by atoms with E-state index in [1.54, 1.807) is 6.08 Å². The third-order valence-electron chi connectivity index (χ3n) is 7.01. The lowest BCUT2D eigenvalue weighted by molar-refractivity contribution is -0.110. The Kier molecular flexibility index (Phi) is 3.16. The van der Waals surface area contributed by atoms with Gasteiger partial charge in [-0.1, -0.05) is 30.2 Å². The average molecular weight is 310 g/mol. The first-order chi connectivity index (χ1) is 10.9. The van der Waals surface area contributed by atoms with Crippen LogP contribution in [0.25, 0.3) is 0 Å². The Morgan fingerprint density at radius 2 is 2.04 bits per heavy atom. The summed E-state index contributed by atoms with van der Waals surface area (Å²) in [6, 6.07) is 0. The standard InChI is InChI=1S/C21H26O2/c1-13(22)17-6-7-18-16-5-4-14-12-15(23)8-10-20(14,2)19(16)9-11-21(17,18)3/h7-8,10,12-13,17,22H,4-6,9,11H2,1-3H3/t13-,17+,20?,21?/m0/s1. The number of hydrogen-bond acceptors (Lipinski definition) is 2. The Balaban J connectivity index is 1.81. The van der Waals surface area contributed by atoms with Crippen molar-refractivity contribution >= 4 is 5.78 Å². The zero-order chi connectivity index (χ0) is 16.4. The summed E-state index contributed by atoms with van der Waals surface area (Å²) in [7, 11) is 0. The van der Waals surface area contributed by atoms with Gasteiger partial charge in [-0.25, -0.2) is 0 Å². The minimum Gasteiger partial charge on any atom is -0.393 e. The molecule has 2 heteroatoms. The molecule has 4 atom stereocenters. The van der Waals surface area contributed by atoms with Crippen LogP contribution in [0.15, 0.2) is 46.6 Å². The molecule has 4 rings (SSSR count). The third kappa shape index (κ3) is 1.94. The van der Waals surface area contributed by atoms with Crippen LogP contribution in [0.1, 0.15) is 52.9 Å². The largest absolute Gasteiger partial charge is 0.393 e. The monoisotopic (exact) mass is 310 g/mol. The lowest BCUT2D eigenvalue weighted by Crippen LogP contribution is -2.39. The minimum absolute atomic E-state index is 0.0629. The van der Waals surface area contributed by atoms with Gasteiger partial charge in [0.2, 0.25) is 0 Å². The van der Waals surface area contributed by atoms with Gasteiger partial charge in [0.25, 0.3) is 0 Å². The lowest BCUT2D eigenvalue weighted by atomic mass is 9.56. The highest BCUT2D eigenvalue weighted by atomic mass is 16.3. The number of carbonyl (C=O) groups is 1. The van der Waals surface area contributed by atoms with E-state index in [4.69, 9.17) is 0 Å². The van der Waals surface area contributed by atoms with Gasteiger partial charge in [0, 0.05) is 5.41 Å². The summed E-state index contributed by atoms with van der Waals surface area (Å²) >= 11 is 0. The predicted octanol–water partition coefficient (Wildman–Crippen LogP) is 4.28. The molecule has 0 fully saturated rings. The van der Waals surface area contributed by atoms with Gasteiger partial charge in [0.15, 0.2) is 5.78 Å².